The first-order chi connectivity index (χ1) is 7.22. The van der Waals surface area contributed by atoms with Crippen LogP contribution < -0.4 is 5.32 Å². The maximum atomic E-state index is 3.69. The van der Waals surface area contributed by atoms with Crippen molar-refractivity contribution in [2.24, 2.45) is 5.92 Å². The Morgan fingerprint density at radius 1 is 1.13 bits per heavy atom. The third-order valence-electron chi connectivity index (χ3n) is 3.64. The van der Waals surface area contributed by atoms with E-state index in [9.17, 15) is 0 Å². The molecule has 1 N–H and O–H groups in total. The van der Waals surface area contributed by atoms with Gasteiger partial charge in [0.05, 0.1) is 0 Å². The van der Waals surface area contributed by atoms with Crippen LogP contribution in [0.3, 0.4) is 0 Å². The fraction of sp³-hybridized carbons (Fsp3) is 1.00. The quantitative estimate of drug-likeness (QED) is 0.681. The number of hydrogen-bond donors (Lipinski definition) is 1. The average molecular weight is 212 g/mol. The number of hydrogen-bond acceptors (Lipinski definition) is 2. The van der Waals surface area contributed by atoms with Gasteiger partial charge in [-0.15, -0.1) is 0 Å². The van der Waals surface area contributed by atoms with Gasteiger partial charge in [-0.3, -0.25) is 0 Å². The van der Waals surface area contributed by atoms with Crippen molar-refractivity contribution < 1.29 is 0 Å². The molecular formula is C13H28N2. The molecule has 1 fully saturated rings. The Morgan fingerprint density at radius 3 is 2.33 bits per heavy atom. The lowest BCUT2D eigenvalue weighted by molar-refractivity contribution is 0.282. The highest BCUT2D eigenvalue weighted by Gasteiger charge is 2.18. The van der Waals surface area contributed by atoms with Crippen LogP contribution in [0, 0.1) is 5.92 Å². The van der Waals surface area contributed by atoms with Gasteiger partial charge in [-0.2, -0.15) is 0 Å². The average Bonchev–Trinajstić information content (AvgIpc) is 2.25. The molecule has 0 aromatic rings. The highest BCUT2D eigenvalue weighted by molar-refractivity contribution is 4.76. The van der Waals surface area contributed by atoms with Crippen molar-refractivity contribution >= 4 is 0 Å². The maximum absolute atomic E-state index is 3.69. The fourth-order valence-electron chi connectivity index (χ4n) is 2.48. The smallest absolute Gasteiger partial charge is 0.00672 e. The van der Waals surface area contributed by atoms with Crippen molar-refractivity contribution in [3.63, 3.8) is 0 Å². The second-order valence-electron chi connectivity index (χ2n) is 5.24. The van der Waals surface area contributed by atoms with Gasteiger partial charge in [0.2, 0.25) is 0 Å². The second-order valence-corrected chi connectivity index (χ2v) is 5.24. The van der Waals surface area contributed by atoms with Gasteiger partial charge in [0.15, 0.2) is 0 Å². The molecule has 0 atom stereocenters. The lowest BCUT2D eigenvalue weighted by Crippen LogP contribution is -2.34. The molecule has 15 heavy (non-hydrogen) atoms. The molecular weight excluding hydrogens is 184 g/mol. The van der Waals surface area contributed by atoms with E-state index in [4.69, 9.17) is 0 Å². The molecule has 0 heterocycles. The van der Waals surface area contributed by atoms with E-state index in [2.05, 4.69) is 31.2 Å². The first-order valence-corrected chi connectivity index (χ1v) is 6.60. The summed E-state index contributed by atoms with van der Waals surface area (Å²) in [6.07, 6.45) is 8.36. The van der Waals surface area contributed by atoms with Crippen molar-refractivity contribution in [1.82, 2.24) is 10.2 Å². The first kappa shape index (κ1) is 13.0. The minimum absolute atomic E-state index is 0.815. The Balaban J connectivity index is 1.99. The second kappa shape index (κ2) is 7.24. The maximum Gasteiger partial charge on any atom is 0.00672 e. The van der Waals surface area contributed by atoms with E-state index in [-0.39, 0.29) is 0 Å². The summed E-state index contributed by atoms with van der Waals surface area (Å²) in [5.41, 5.74) is 0. The Kier molecular flexibility index (Phi) is 6.26. The van der Waals surface area contributed by atoms with E-state index < -0.39 is 0 Å². The van der Waals surface area contributed by atoms with Gasteiger partial charge < -0.3 is 10.2 Å². The van der Waals surface area contributed by atoms with Gasteiger partial charge in [-0.25, -0.2) is 0 Å². The Bertz CT molecular complexity index is 149. The van der Waals surface area contributed by atoms with Gasteiger partial charge in [0.1, 0.15) is 0 Å². The molecule has 1 saturated carbocycles. The lowest BCUT2D eigenvalue weighted by atomic mass is 9.84. The number of rotatable bonds is 6. The molecule has 1 rings (SSSR count). The molecule has 0 unspecified atom stereocenters. The third kappa shape index (κ3) is 5.53. The molecule has 0 radical (unpaired) electrons. The van der Waals surface area contributed by atoms with Crippen LogP contribution in [-0.2, 0) is 0 Å². The van der Waals surface area contributed by atoms with E-state index in [0.29, 0.717) is 0 Å². The SMILES string of the molecule is CCC1CCC(NCCCN(C)C)CC1. The van der Waals surface area contributed by atoms with Crippen LogP contribution in [0.4, 0.5) is 0 Å². The molecule has 0 aromatic carbocycles. The summed E-state index contributed by atoms with van der Waals surface area (Å²) in [7, 11) is 4.29. The summed E-state index contributed by atoms with van der Waals surface area (Å²) in [5, 5.41) is 3.69. The standard InChI is InChI=1S/C13H28N2/c1-4-12-6-8-13(9-7-12)14-10-5-11-15(2)3/h12-14H,4-11H2,1-3H3. The van der Waals surface area contributed by atoms with Gasteiger partial charge in [-0.05, 0) is 65.2 Å². The minimum Gasteiger partial charge on any atom is -0.314 e. The van der Waals surface area contributed by atoms with Crippen LogP contribution >= 0.6 is 0 Å². The van der Waals surface area contributed by atoms with Crippen LogP contribution in [0.5, 0.6) is 0 Å². The molecule has 0 aromatic heterocycles. The summed E-state index contributed by atoms with van der Waals surface area (Å²) in [4.78, 5) is 2.26. The summed E-state index contributed by atoms with van der Waals surface area (Å²) < 4.78 is 0. The van der Waals surface area contributed by atoms with E-state index in [1.807, 2.05) is 0 Å². The van der Waals surface area contributed by atoms with Crippen molar-refractivity contribution in [3.8, 4) is 0 Å². The van der Waals surface area contributed by atoms with Crippen LogP contribution in [0.1, 0.15) is 45.4 Å². The summed E-state index contributed by atoms with van der Waals surface area (Å²) in [5.74, 6) is 1.02. The molecule has 0 amide bonds. The van der Waals surface area contributed by atoms with Crippen LogP contribution in [0.2, 0.25) is 0 Å². The highest BCUT2D eigenvalue weighted by atomic mass is 15.1. The van der Waals surface area contributed by atoms with Gasteiger partial charge >= 0.3 is 0 Å². The molecule has 2 heteroatoms. The van der Waals surface area contributed by atoms with Gasteiger partial charge in [-0.1, -0.05) is 13.3 Å². The number of nitrogens with zero attached hydrogens (tertiary/aromatic N) is 1. The zero-order valence-electron chi connectivity index (χ0n) is 10.8. The lowest BCUT2D eigenvalue weighted by Gasteiger charge is -2.28. The fourth-order valence-corrected chi connectivity index (χ4v) is 2.48. The van der Waals surface area contributed by atoms with Crippen molar-refractivity contribution in [2.45, 2.75) is 51.5 Å². The van der Waals surface area contributed by atoms with E-state index in [1.54, 1.807) is 0 Å². The topological polar surface area (TPSA) is 15.3 Å². The molecule has 0 spiro atoms. The summed E-state index contributed by atoms with van der Waals surface area (Å²) in [6.45, 7) is 4.73. The van der Waals surface area contributed by atoms with Gasteiger partial charge in [0.25, 0.3) is 0 Å². The third-order valence-corrected chi connectivity index (χ3v) is 3.64. The van der Waals surface area contributed by atoms with Gasteiger partial charge in [0, 0.05) is 6.04 Å². The van der Waals surface area contributed by atoms with Crippen molar-refractivity contribution in [3.05, 3.63) is 0 Å². The molecule has 0 aliphatic heterocycles. The molecule has 2 nitrogen and oxygen atoms in total. The normalized spacial score (nSPS) is 27.2. The van der Waals surface area contributed by atoms with E-state index in [1.165, 1.54) is 51.6 Å². The van der Waals surface area contributed by atoms with Crippen molar-refractivity contribution in [2.75, 3.05) is 27.2 Å². The van der Waals surface area contributed by atoms with Crippen LogP contribution in [-0.4, -0.2) is 38.1 Å². The molecule has 90 valence electrons. The Hall–Kier alpha value is -0.0800. The molecule has 1 aliphatic rings. The molecule has 0 bridgehead atoms. The largest absolute Gasteiger partial charge is 0.314 e. The highest BCUT2D eigenvalue weighted by Crippen LogP contribution is 2.26. The first-order valence-electron chi connectivity index (χ1n) is 6.60. The number of nitrogens with one attached hydrogen (secondary N) is 1. The van der Waals surface area contributed by atoms with E-state index >= 15 is 0 Å². The minimum atomic E-state index is 0.815. The zero-order chi connectivity index (χ0) is 11.1. The zero-order valence-corrected chi connectivity index (χ0v) is 10.8. The van der Waals surface area contributed by atoms with Crippen LogP contribution in [0.15, 0.2) is 0 Å². The Morgan fingerprint density at radius 2 is 1.80 bits per heavy atom. The molecule has 1 aliphatic carbocycles. The van der Waals surface area contributed by atoms with Crippen molar-refractivity contribution in [1.29, 1.82) is 0 Å². The summed E-state index contributed by atoms with van der Waals surface area (Å²) >= 11 is 0. The molecule has 0 saturated heterocycles. The predicted octanol–water partition coefficient (Wildman–Crippen LogP) is 2.50. The predicted molar refractivity (Wildman–Crippen MR) is 67.2 cm³/mol. The van der Waals surface area contributed by atoms with Crippen LogP contribution in [0.25, 0.3) is 0 Å². The Labute approximate surface area is 95.4 Å². The monoisotopic (exact) mass is 212 g/mol. The van der Waals surface area contributed by atoms with E-state index in [0.717, 1.165) is 12.0 Å². The summed E-state index contributed by atoms with van der Waals surface area (Å²) in [6, 6.07) is 0.815.